The first-order valence-electron chi connectivity index (χ1n) is 3.71. The van der Waals surface area contributed by atoms with Gasteiger partial charge in [-0.05, 0) is 13.8 Å². The van der Waals surface area contributed by atoms with Crippen LogP contribution in [-0.4, -0.2) is 16.5 Å². The molecule has 0 N–H and O–H groups in total. The first-order valence-corrected chi connectivity index (χ1v) is 4.53. The summed E-state index contributed by atoms with van der Waals surface area (Å²) < 4.78 is 0. The van der Waals surface area contributed by atoms with Crippen LogP contribution in [-0.2, 0) is 0 Å². The smallest absolute Gasteiger partial charge is 0.182 e. The molecule has 62 valence electrons. The minimum absolute atomic E-state index is 0.156. The second-order valence-electron chi connectivity index (χ2n) is 2.83. The van der Waals surface area contributed by atoms with Gasteiger partial charge in [0.1, 0.15) is 4.88 Å². The lowest BCUT2D eigenvalue weighted by molar-refractivity contribution is 0.100. The van der Waals surface area contributed by atoms with E-state index in [0.717, 1.165) is 15.6 Å². The van der Waals surface area contributed by atoms with E-state index >= 15 is 0 Å². The maximum atomic E-state index is 11.4. The number of fused-ring (bicyclic) bond motifs is 1. The molecule has 0 atom stereocenters. The number of nitrogens with zero attached hydrogens (tertiary/aromatic N) is 2. The lowest BCUT2D eigenvalue weighted by atomic mass is 10.1. The van der Waals surface area contributed by atoms with E-state index < -0.39 is 0 Å². The molecule has 1 aliphatic rings. The largest absolute Gasteiger partial charge is 0.293 e. The zero-order valence-corrected chi connectivity index (χ0v) is 7.73. The highest BCUT2D eigenvalue weighted by Crippen LogP contribution is 2.30. The van der Waals surface area contributed by atoms with Gasteiger partial charge in [0.2, 0.25) is 0 Å². The van der Waals surface area contributed by atoms with Crippen LogP contribution in [0, 0.1) is 6.92 Å². The molecule has 2 rings (SSSR count). The van der Waals surface area contributed by atoms with Gasteiger partial charge >= 0.3 is 0 Å². The van der Waals surface area contributed by atoms with E-state index in [1.165, 1.54) is 11.3 Å². The topological polar surface area (TPSA) is 42.3 Å². The van der Waals surface area contributed by atoms with E-state index in [1.807, 2.05) is 13.8 Å². The highest BCUT2D eigenvalue weighted by molar-refractivity contribution is 7.14. The number of Topliss-reactive ketones (excluding diaryl/α,β-unsaturated/α-hetero) is 1. The van der Waals surface area contributed by atoms with Gasteiger partial charge in [-0.15, -0.1) is 11.3 Å². The van der Waals surface area contributed by atoms with Crippen molar-refractivity contribution in [2.24, 2.45) is 4.99 Å². The van der Waals surface area contributed by atoms with Crippen molar-refractivity contribution in [2.45, 2.75) is 20.3 Å². The van der Waals surface area contributed by atoms with E-state index in [0.29, 0.717) is 12.2 Å². The van der Waals surface area contributed by atoms with Gasteiger partial charge in [0, 0.05) is 5.71 Å². The number of hydrogen-bond acceptors (Lipinski definition) is 4. The molecule has 3 nitrogen and oxygen atoms in total. The Kier molecular flexibility index (Phi) is 1.58. The van der Waals surface area contributed by atoms with E-state index in [1.54, 1.807) is 0 Å². The number of aromatic nitrogens is 1. The molecular formula is C8H8N2OS. The quantitative estimate of drug-likeness (QED) is 0.613. The SMILES string of the molecule is CC1=Nc2nc(C)sc2C(=O)C1. The molecule has 1 aromatic rings. The van der Waals surface area contributed by atoms with Crippen LogP contribution in [0.1, 0.15) is 28.0 Å². The van der Waals surface area contributed by atoms with Crippen LogP contribution in [0.5, 0.6) is 0 Å². The summed E-state index contributed by atoms with van der Waals surface area (Å²) in [6.07, 6.45) is 0.453. The molecule has 0 unspecified atom stereocenters. The molecule has 4 heteroatoms. The average Bonchev–Trinajstić information content (AvgIpc) is 2.29. The second-order valence-corrected chi connectivity index (χ2v) is 4.04. The molecule has 0 aliphatic carbocycles. The summed E-state index contributed by atoms with van der Waals surface area (Å²) in [6, 6.07) is 0. The lowest BCUT2D eigenvalue weighted by Gasteiger charge is -2.04. The maximum Gasteiger partial charge on any atom is 0.182 e. The van der Waals surface area contributed by atoms with Crippen LogP contribution in [0.25, 0.3) is 0 Å². The molecule has 0 spiro atoms. The number of ketones is 1. The number of rotatable bonds is 0. The maximum absolute atomic E-state index is 11.4. The standard InChI is InChI=1S/C8H8N2OS/c1-4-3-6(11)7-8(9-4)10-5(2)12-7/h3H2,1-2H3. The number of hydrogen-bond donors (Lipinski definition) is 0. The molecule has 0 fully saturated rings. The van der Waals surface area contributed by atoms with Gasteiger partial charge in [-0.2, -0.15) is 0 Å². The lowest BCUT2D eigenvalue weighted by Crippen LogP contribution is -2.08. The highest BCUT2D eigenvalue weighted by Gasteiger charge is 2.21. The summed E-state index contributed by atoms with van der Waals surface area (Å²) in [5.41, 5.74) is 0.859. The molecule has 2 heterocycles. The van der Waals surface area contributed by atoms with Crippen LogP contribution in [0.3, 0.4) is 0 Å². The first kappa shape index (κ1) is 7.61. The Labute approximate surface area is 74.2 Å². The molecular weight excluding hydrogens is 172 g/mol. The monoisotopic (exact) mass is 180 g/mol. The van der Waals surface area contributed by atoms with Crippen LogP contribution >= 0.6 is 11.3 Å². The number of thiazole rings is 1. The summed E-state index contributed by atoms with van der Waals surface area (Å²) in [4.78, 5) is 20.5. The van der Waals surface area contributed by atoms with E-state index in [9.17, 15) is 4.79 Å². The van der Waals surface area contributed by atoms with Gasteiger partial charge in [-0.3, -0.25) is 4.79 Å². The minimum atomic E-state index is 0.156. The van der Waals surface area contributed by atoms with Crippen molar-refractivity contribution in [3.8, 4) is 0 Å². The average molecular weight is 180 g/mol. The zero-order valence-electron chi connectivity index (χ0n) is 6.92. The van der Waals surface area contributed by atoms with Gasteiger partial charge in [0.05, 0.1) is 11.4 Å². The van der Waals surface area contributed by atoms with Crippen molar-refractivity contribution < 1.29 is 4.79 Å². The van der Waals surface area contributed by atoms with Crippen LogP contribution < -0.4 is 0 Å². The Balaban J connectivity index is 2.61. The van der Waals surface area contributed by atoms with E-state index in [-0.39, 0.29) is 5.78 Å². The summed E-state index contributed by atoms with van der Waals surface area (Å²) in [7, 11) is 0. The van der Waals surface area contributed by atoms with Crippen LogP contribution in [0.2, 0.25) is 0 Å². The summed E-state index contributed by atoms with van der Waals surface area (Å²) >= 11 is 1.43. The molecule has 0 amide bonds. The predicted octanol–water partition coefficient (Wildman–Crippen LogP) is 2.13. The van der Waals surface area contributed by atoms with E-state index in [2.05, 4.69) is 9.98 Å². The summed E-state index contributed by atoms with van der Waals surface area (Å²) in [5, 5.41) is 0.909. The molecule has 0 saturated heterocycles. The van der Waals surface area contributed by atoms with Crippen molar-refractivity contribution in [3.05, 3.63) is 9.88 Å². The molecule has 0 bridgehead atoms. The highest BCUT2D eigenvalue weighted by atomic mass is 32.1. The van der Waals surface area contributed by atoms with Gasteiger partial charge < -0.3 is 0 Å². The molecule has 12 heavy (non-hydrogen) atoms. The van der Waals surface area contributed by atoms with Crippen molar-refractivity contribution in [3.63, 3.8) is 0 Å². The summed E-state index contributed by atoms with van der Waals surface area (Å²) in [5.74, 6) is 0.773. The summed E-state index contributed by atoms with van der Waals surface area (Å²) in [6.45, 7) is 3.75. The van der Waals surface area contributed by atoms with Crippen molar-refractivity contribution in [2.75, 3.05) is 0 Å². The number of aryl methyl sites for hydroxylation is 1. The molecule has 0 saturated carbocycles. The molecule has 0 radical (unpaired) electrons. The van der Waals surface area contributed by atoms with Crippen LogP contribution in [0.15, 0.2) is 4.99 Å². The predicted molar refractivity (Wildman–Crippen MR) is 48.6 cm³/mol. The normalized spacial score (nSPS) is 15.8. The fourth-order valence-corrected chi connectivity index (χ4v) is 2.00. The third kappa shape index (κ3) is 1.08. The van der Waals surface area contributed by atoms with Crippen molar-refractivity contribution in [1.29, 1.82) is 0 Å². The number of carbonyl (C=O) groups excluding carboxylic acids is 1. The Hall–Kier alpha value is -1.03. The zero-order chi connectivity index (χ0) is 8.72. The Morgan fingerprint density at radius 2 is 2.17 bits per heavy atom. The van der Waals surface area contributed by atoms with Gasteiger partial charge in [-0.25, -0.2) is 9.98 Å². The fourth-order valence-electron chi connectivity index (χ4n) is 1.21. The fraction of sp³-hybridized carbons (Fsp3) is 0.375. The van der Waals surface area contributed by atoms with Gasteiger partial charge in [-0.1, -0.05) is 0 Å². The Morgan fingerprint density at radius 1 is 1.42 bits per heavy atom. The molecule has 1 aliphatic heterocycles. The Bertz CT molecular complexity index is 378. The van der Waals surface area contributed by atoms with E-state index in [4.69, 9.17) is 0 Å². The van der Waals surface area contributed by atoms with Crippen molar-refractivity contribution >= 4 is 28.6 Å². The third-order valence-electron chi connectivity index (χ3n) is 1.68. The Morgan fingerprint density at radius 3 is 2.92 bits per heavy atom. The number of carbonyl (C=O) groups is 1. The van der Waals surface area contributed by atoms with Crippen molar-refractivity contribution in [1.82, 2.24) is 4.98 Å². The second kappa shape index (κ2) is 2.48. The number of aliphatic imine (C=N–C) groups is 1. The molecule has 0 aromatic carbocycles. The minimum Gasteiger partial charge on any atom is -0.293 e. The van der Waals surface area contributed by atoms with Gasteiger partial charge in [0.15, 0.2) is 11.6 Å². The first-order chi connectivity index (χ1) is 5.66. The van der Waals surface area contributed by atoms with Crippen LogP contribution in [0.4, 0.5) is 5.82 Å². The molecule has 1 aromatic heterocycles. The van der Waals surface area contributed by atoms with Gasteiger partial charge in [0.25, 0.3) is 0 Å². The third-order valence-corrected chi connectivity index (χ3v) is 2.68.